The molecule has 0 aliphatic rings. The first-order chi connectivity index (χ1) is 16.4. The van der Waals surface area contributed by atoms with E-state index < -0.39 is 0 Å². The molecule has 0 fully saturated rings. The molecule has 1 N–H and O–H groups in total. The molecule has 7 nitrogen and oxygen atoms in total. The minimum absolute atomic E-state index is 0.259. The number of fused-ring (bicyclic) bond motifs is 1. The highest BCUT2D eigenvalue weighted by Gasteiger charge is 2.20. The third kappa shape index (κ3) is 3.96. The monoisotopic (exact) mass is 450 g/mol. The lowest BCUT2D eigenvalue weighted by molar-refractivity contribution is 0.102. The number of hydrogen-bond donors (Lipinski definition) is 1. The largest absolute Gasteiger partial charge is 0.319 e. The van der Waals surface area contributed by atoms with Crippen molar-refractivity contribution >= 4 is 17.2 Å². The van der Waals surface area contributed by atoms with Crippen LogP contribution in [0.1, 0.15) is 38.4 Å². The van der Waals surface area contributed by atoms with E-state index in [2.05, 4.69) is 64.7 Å². The van der Waals surface area contributed by atoms with Gasteiger partial charge in [-0.1, -0.05) is 59.7 Å². The summed E-state index contributed by atoms with van der Waals surface area (Å²) in [6, 6.07) is 18.4. The summed E-state index contributed by atoms with van der Waals surface area (Å²) in [5.41, 5.74) is 8.75. The summed E-state index contributed by atoms with van der Waals surface area (Å²) in [5, 5.41) is 12.2. The summed E-state index contributed by atoms with van der Waals surface area (Å²) in [5.74, 6) is -0.259. The number of nitrogens with one attached hydrogen (secondary N) is 1. The SMILES string of the molecule is Cc1ccc(-c2ccnc3c(C(=O)Nc4c(C)nn(Cc5cccc(C)c5)c4C)cnn23)cc1. The lowest BCUT2D eigenvalue weighted by atomic mass is 10.1. The Hall–Kier alpha value is -4.26. The number of hydrogen-bond acceptors (Lipinski definition) is 4. The smallest absolute Gasteiger partial charge is 0.261 e. The van der Waals surface area contributed by atoms with Crippen molar-refractivity contribution < 1.29 is 4.79 Å². The normalized spacial score (nSPS) is 11.2. The zero-order valence-electron chi connectivity index (χ0n) is 19.7. The molecule has 0 saturated heterocycles. The summed E-state index contributed by atoms with van der Waals surface area (Å²) in [7, 11) is 0. The van der Waals surface area contributed by atoms with Crippen LogP contribution in [0.5, 0.6) is 0 Å². The molecule has 2 aromatic carbocycles. The molecule has 0 saturated carbocycles. The zero-order chi connectivity index (χ0) is 23.8. The minimum Gasteiger partial charge on any atom is -0.319 e. The van der Waals surface area contributed by atoms with E-state index in [9.17, 15) is 4.79 Å². The third-order valence-corrected chi connectivity index (χ3v) is 6.03. The maximum absolute atomic E-state index is 13.3. The first kappa shape index (κ1) is 21.6. The van der Waals surface area contributed by atoms with Crippen LogP contribution in [-0.4, -0.2) is 30.3 Å². The first-order valence-electron chi connectivity index (χ1n) is 11.2. The Morgan fingerprint density at radius 1 is 0.971 bits per heavy atom. The van der Waals surface area contributed by atoms with E-state index in [1.54, 1.807) is 16.9 Å². The lowest BCUT2D eigenvalue weighted by Crippen LogP contribution is -2.13. The van der Waals surface area contributed by atoms with E-state index in [0.29, 0.717) is 23.4 Å². The van der Waals surface area contributed by atoms with Crippen molar-refractivity contribution in [2.75, 3.05) is 5.32 Å². The highest BCUT2D eigenvalue weighted by molar-refractivity contribution is 6.08. The number of carbonyl (C=O) groups is 1. The predicted molar refractivity (Wildman–Crippen MR) is 133 cm³/mol. The van der Waals surface area contributed by atoms with Crippen LogP contribution < -0.4 is 5.32 Å². The van der Waals surface area contributed by atoms with E-state index in [0.717, 1.165) is 22.6 Å². The second-order valence-electron chi connectivity index (χ2n) is 8.64. The summed E-state index contributed by atoms with van der Waals surface area (Å²) < 4.78 is 3.63. The van der Waals surface area contributed by atoms with Gasteiger partial charge in [0, 0.05) is 11.8 Å². The van der Waals surface area contributed by atoms with Gasteiger partial charge < -0.3 is 5.32 Å². The van der Waals surface area contributed by atoms with Crippen molar-refractivity contribution in [2.24, 2.45) is 0 Å². The Morgan fingerprint density at radius 2 is 1.76 bits per heavy atom. The van der Waals surface area contributed by atoms with Crippen LogP contribution >= 0.6 is 0 Å². The lowest BCUT2D eigenvalue weighted by Gasteiger charge is -2.08. The van der Waals surface area contributed by atoms with Crippen LogP contribution in [0.4, 0.5) is 5.69 Å². The van der Waals surface area contributed by atoms with Crippen molar-refractivity contribution in [3.63, 3.8) is 0 Å². The topological polar surface area (TPSA) is 77.1 Å². The Balaban J connectivity index is 1.44. The third-order valence-electron chi connectivity index (χ3n) is 6.03. The van der Waals surface area contributed by atoms with Gasteiger partial charge in [0.05, 0.1) is 35.5 Å². The van der Waals surface area contributed by atoms with Gasteiger partial charge in [-0.3, -0.25) is 9.48 Å². The highest BCUT2D eigenvalue weighted by Crippen LogP contribution is 2.24. The molecule has 5 aromatic rings. The van der Waals surface area contributed by atoms with E-state index in [1.165, 1.54) is 16.7 Å². The zero-order valence-corrected chi connectivity index (χ0v) is 19.7. The van der Waals surface area contributed by atoms with Gasteiger partial charge >= 0.3 is 0 Å². The van der Waals surface area contributed by atoms with Crippen molar-refractivity contribution in [1.82, 2.24) is 24.4 Å². The summed E-state index contributed by atoms with van der Waals surface area (Å²) in [4.78, 5) is 17.7. The van der Waals surface area contributed by atoms with Crippen LogP contribution in [0.2, 0.25) is 0 Å². The molecule has 3 heterocycles. The second-order valence-corrected chi connectivity index (χ2v) is 8.64. The molecule has 0 aliphatic carbocycles. The molecule has 0 radical (unpaired) electrons. The number of rotatable bonds is 5. The molecule has 5 rings (SSSR count). The van der Waals surface area contributed by atoms with Crippen molar-refractivity contribution in [3.8, 4) is 11.3 Å². The standard InChI is InChI=1S/C27H26N6O/c1-17-8-10-22(11-9-17)24-12-13-28-26-23(15-29-33(24)26)27(34)30-25-19(3)31-32(20(25)4)16-21-7-5-6-18(2)14-21/h5-15H,16H2,1-4H3,(H,30,34). The first-order valence-corrected chi connectivity index (χ1v) is 11.2. The average molecular weight is 451 g/mol. The molecule has 0 aliphatic heterocycles. The fourth-order valence-electron chi connectivity index (χ4n) is 4.19. The number of aryl methyl sites for hydroxylation is 3. The maximum atomic E-state index is 13.3. The van der Waals surface area contributed by atoms with Crippen LogP contribution in [0.3, 0.4) is 0 Å². The number of aromatic nitrogens is 5. The molecule has 0 spiro atoms. The molecular weight excluding hydrogens is 424 g/mol. The Morgan fingerprint density at radius 3 is 2.53 bits per heavy atom. The number of benzene rings is 2. The van der Waals surface area contributed by atoms with Crippen molar-refractivity contribution in [2.45, 2.75) is 34.2 Å². The molecule has 34 heavy (non-hydrogen) atoms. The van der Waals surface area contributed by atoms with Gasteiger partial charge in [-0.05, 0) is 39.3 Å². The van der Waals surface area contributed by atoms with Gasteiger partial charge in [0.25, 0.3) is 5.91 Å². The van der Waals surface area contributed by atoms with Gasteiger partial charge in [0.15, 0.2) is 5.65 Å². The number of amides is 1. The van der Waals surface area contributed by atoms with Crippen molar-refractivity contribution in [3.05, 3.63) is 101 Å². The summed E-state index contributed by atoms with van der Waals surface area (Å²) >= 11 is 0. The fraction of sp³-hybridized carbons (Fsp3) is 0.185. The Labute approximate surface area is 198 Å². The molecule has 1 amide bonds. The highest BCUT2D eigenvalue weighted by atomic mass is 16.1. The Kier molecular flexibility index (Phi) is 5.45. The second kappa shape index (κ2) is 8.59. The number of anilines is 1. The van der Waals surface area contributed by atoms with Gasteiger partial charge in [-0.15, -0.1) is 0 Å². The summed E-state index contributed by atoms with van der Waals surface area (Å²) in [6.45, 7) is 8.64. The summed E-state index contributed by atoms with van der Waals surface area (Å²) in [6.07, 6.45) is 3.27. The fourth-order valence-corrected chi connectivity index (χ4v) is 4.19. The van der Waals surface area contributed by atoms with E-state index in [-0.39, 0.29) is 5.91 Å². The van der Waals surface area contributed by atoms with Crippen molar-refractivity contribution in [1.29, 1.82) is 0 Å². The molecular formula is C27H26N6O. The van der Waals surface area contributed by atoms with E-state index in [4.69, 9.17) is 0 Å². The van der Waals surface area contributed by atoms with Gasteiger partial charge in [-0.25, -0.2) is 9.50 Å². The average Bonchev–Trinajstić information content (AvgIpc) is 3.36. The van der Waals surface area contributed by atoms with Gasteiger partial charge in [0.2, 0.25) is 0 Å². The predicted octanol–water partition coefficient (Wildman–Crippen LogP) is 5.13. The molecule has 3 aromatic heterocycles. The minimum atomic E-state index is -0.259. The molecule has 7 heteroatoms. The number of nitrogens with zero attached hydrogens (tertiary/aromatic N) is 5. The van der Waals surface area contributed by atoms with Crippen LogP contribution in [0.15, 0.2) is 67.0 Å². The van der Waals surface area contributed by atoms with E-state index in [1.807, 2.05) is 42.8 Å². The van der Waals surface area contributed by atoms with Gasteiger partial charge in [0.1, 0.15) is 5.56 Å². The van der Waals surface area contributed by atoms with Gasteiger partial charge in [-0.2, -0.15) is 10.2 Å². The molecule has 0 unspecified atom stereocenters. The maximum Gasteiger partial charge on any atom is 0.261 e. The molecule has 0 bridgehead atoms. The molecule has 170 valence electrons. The number of carbonyl (C=O) groups excluding carboxylic acids is 1. The quantitative estimate of drug-likeness (QED) is 0.403. The van der Waals surface area contributed by atoms with Crippen LogP contribution in [0, 0.1) is 27.7 Å². The molecule has 0 atom stereocenters. The van der Waals surface area contributed by atoms with E-state index >= 15 is 0 Å². The van der Waals surface area contributed by atoms with Crippen LogP contribution in [-0.2, 0) is 6.54 Å². The Bertz CT molecular complexity index is 1510. The van der Waals surface area contributed by atoms with Crippen LogP contribution in [0.25, 0.3) is 16.9 Å².